The summed E-state index contributed by atoms with van der Waals surface area (Å²) in [7, 11) is 0. The first-order chi connectivity index (χ1) is 13.1. The number of hydrogen-bond acceptors (Lipinski definition) is 3. The highest BCUT2D eigenvalue weighted by Crippen LogP contribution is 2.30. The molecule has 1 aromatic rings. The Balaban J connectivity index is 1.51. The van der Waals surface area contributed by atoms with Crippen LogP contribution >= 0.6 is 11.6 Å². The van der Waals surface area contributed by atoms with Gasteiger partial charge in [0, 0.05) is 49.4 Å². The lowest BCUT2D eigenvalue weighted by Crippen LogP contribution is -2.42. The number of rotatable bonds is 6. The fourth-order valence-corrected chi connectivity index (χ4v) is 4.26. The summed E-state index contributed by atoms with van der Waals surface area (Å²) in [6, 6.07) is 6.04. The fourth-order valence-electron chi connectivity index (χ4n) is 4.00. The van der Waals surface area contributed by atoms with Gasteiger partial charge in [-0.2, -0.15) is 0 Å². The van der Waals surface area contributed by atoms with Gasteiger partial charge in [-0.25, -0.2) is 0 Å². The standard InChI is InChI=1S/C21H28ClN3O2/c1-2-20(26)25-14-9-16(10-15-25)21(27)23-11-8-17-18(22)6-5-7-19(17)24-12-3-4-13-24/h2,5-7,16H,1,3-4,8-15H2,(H,23,27). The Labute approximate surface area is 166 Å². The number of anilines is 1. The molecule has 0 atom stereocenters. The number of piperidine rings is 1. The molecule has 6 heteroatoms. The van der Waals surface area contributed by atoms with E-state index in [2.05, 4.69) is 22.9 Å². The summed E-state index contributed by atoms with van der Waals surface area (Å²) in [5.41, 5.74) is 2.32. The molecule has 27 heavy (non-hydrogen) atoms. The van der Waals surface area contributed by atoms with E-state index in [1.54, 1.807) is 4.90 Å². The molecule has 2 saturated heterocycles. The lowest BCUT2D eigenvalue weighted by molar-refractivity contribution is -0.132. The molecule has 1 N–H and O–H groups in total. The first-order valence-electron chi connectivity index (χ1n) is 9.81. The molecule has 5 nitrogen and oxygen atoms in total. The molecular formula is C21H28ClN3O2. The topological polar surface area (TPSA) is 52.7 Å². The Morgan fingerprint density at radius 2 is 1.89 bits per heavy atom. The van der Waals surface area contributed by atoms with Crippen LogP contribution in [0.1, 0.15) is 31.2 Å². The zero-order valence-electron chi connectivity index (χ0n) is 15.8. The molecule has 146 valence electrons. The Kier molecular flexibility index (Phi) is 6.78. The average molecular weight is 390 g/mol. The monoisotopic (exact) mass is 389 g/mol. The molecule has 0 aliphatic carbocycles. The van der Waals surface area contributed by atoms with Crippen molar-refractivity contribution in [2.45, 2.75) is 32.1 Å². The van der Waals surface area contributed by atoms with Gasteiger partial charge in [0.2, 0.25) is 11.8 Å². The summed E-state index contributed by atoms with van der Waals surface area (Å²) in [6.07, 6.45) is 5.91. The Bertz CT molecular complexity index is 693. The van der Waals surface area contributed by atoms with Gasteiger partial charge in [0.25, 0.3) is 0 Å². The smallest absolute Gasteiger partial charge is 0.245 e. The molecule has 2 aliphatic heterocycles. The van der Waals surface area contributed by atoms with Crippen LogP contribution < -0.4 is 10.2 Å². The summed E-state index contributed by atoms with van der Waals surface area (Å²) in [4.78, 5) is 28.3. The van der Waals surface area contributed by atoms with Crippen molar-refractivity contribution in [1.82, 2.24) is 10.2 Å². The van der Waals surface area contributed by atoms with Crippen LogP contribution in [0.4, 0.5) is 5.69 Å². The number of amides is 2. The molecule has 2 heterocycles. The van der Waals surface area contributed by atoms with E-state index < -0.39 is 0 Å². The number of halogens is 1. The number of likely N-dealkylation sites (tertiary alicyclic amines) is 1. The van der Waals surface area contributed by atoms with Crippen molar-refractivity contribution < 1.29 is 9.59 Å². The maximum Gasteiger partial charge on any atom is 0.245 e. The molecule has 0 bridgehead atoms. The quantitative estimate of drug-likeness (QED) is 0.761. The minimum absolute atomic E-state index is 0.0248. The Morgan fingerprint density at radius 1 is 1.19 bits per heavy atom. The highest BCUT2D eigenvalue weighted by molar-refractivity contribution is 6.31. The largest absolute Gasteiger partial charge is 0.371 e. The maximum atomic E-state index is 12.5. The normalized spacial score (nSPS) is 17.8. The molecule has 2 aliphatic rings. The first-order valence-corrected chi connectivity index (χ1v) is 10.2. The third-order valence-electron chi connectivity index (χ3n) is 5.57. The van der Waals surface area contributed by atoms with Crippen LogP contribution in [0, 0.1) is 5.92 Å². The van der Waals surface area contributed by atoms with Gasteiger partial charge < -0.3 is 15.1 Å². The summed E-state index contributed by atoms with van der Waals surface area (Å²) in [5, 5.41) is 3.83. The molecule has 0 aromatic heterocycles. The van der Waals surface area contributed by atoms with E-state index in [9.17, 15) is 9.59 Å². The predicted molar refractivity (Wildman–Crippen MR) is 109 cm³/mol. The minimum atomic E-state index is -0.0537. The molecular weight excluding hydrogens is 362 g/mol. The van der Waals surface area contributed by atoms with Crippen LogP contribution in [0.2, 0.25) is 5.02 Å². The second-order valence-corrected chi connectivity index (χ2v) is 7.68. The van der Waals surface area contributed by atoms with E-state index >= 15 is 0 Å². The van der Waals surface area contributed by atoms with Crippen LogP contribution in [0.15, 0.2) is 30.9 Å². The van der Waals surface area contributed by atoms with Gasteiger partial charge in [-0.15, -0.1) is 0 Å². The lowest BCUT2D eigenvalue weighted by atomic mass is 9.95. The SMILES string of the molecule is C=CC(=O)N1CCC(C(=O)NCCc2c(Cl)cccc2N2CCCC2)CC1. The van der Waals surface area contributed by atoms with Crippen molar-refractivity contribution in [3.05, 3.63) is 41.4 Å². The van der Waals surface area contributed by atoms with Crippen molar-refractivity contribution in [3.63, 3.8) is 0 Å². The minimum Gasteiger partial charge on any atom is -0.371 e. The zero-order chi connectivity index (χ0) is 19.2. The van der Waals surface area contributed by atoms with Gasteiger partial charge in [-0.05, 0) is 55.9 Å². The summed E-state index contributed by atoms with van der Waals surface area (Å²) in [5.74, 6) is 0.000612. The Hall–Kier alpha value is -2.01. The number of nitrogens with one attached hydrogen (secondary N) is 1. The van der Waals surface area contributed by atoms with E-state index in [4.69, 9.17) is 11.6 Å². The second-order valence-electron chi connectivity index (χ2n) is 7.28. The van der Waals surface area contributed by atoms with Crippen LogP contribution in [-0.2, 0) is 16.0 Å². The van der Waals surface area contributed by atoms with Crippen LogP contribution in [0.3, 0.4) is 0 Å². The molecule has 2 amide bonds. The predicted octanol–water partition coefficient (Wildman–Crippen LogP) is 3.02. The van der Waals surface area contributed by atoms with Crippen molar-refractivity contribution in [2.75, 3.05) is 37.6 Å². The molecule has 0 spiro atoms. The summed E-state index contributed by atoms with van der Waals surface area (Å²) < 4.78 is 0. The second kappa shape index (κ2) is 9.27. The van der Waals surface area contributed by atoms with Gasteiger partial charge in [0.15, 0.2) is 0 Å². The number of hydrogen-bond donors (Lipinski definition) is 1. The van der Waals surface area contributed by atoms with Crippen molar-refractivity contribution in [1.29, 1.82) is 0 Å². The fraction of sp³-hybridized carbons (Fsp3) is 0.524. The molecule has 0 saturated carbocycles. The molecule has 3 rings (SSSR count). The lowest BCUT2D eigenvalue weighted by Gasteiger charge is -2.30. The zero-order valence-corrected chi connectivity index (χ0v) is 16.5. The molecule has 2 fully saturated rings. The van der Waals surface area contributed by atoms with E-state index in [1.807, 2.05) is 12.1 Å². The van der Waals surface area contributed by atoms with Crippen LogP contribution in [-0.4, -0.2) is 49.4 Å². The maximum absolute atomic E-state index is 12.5. The van der Waals surface area contributed by atoms with Gasteiger partial charge in [0.1, 0.15) is 0 Å². The number of carbonyl (C=O) groups is 2. The summed E-state index contributed by atoms with van der Waals surface area (Å²) in [6.45, 7) is 7.47. The van der Waals surface area contributed by atoms with E-state index in [0.717, 1.165) is 30.1 Å². The van der Waals surface area contributed by atoms with Crippen LogP contribution in [0.5, 0.6) is 0 Å². The number of nitrogens with zero attached hydrogens (tertiary/aromatic N) is 2. The highest BCUT2D eigenvalue weighted by atomic mass is 35.5. The average Bonchev–Trinajstić information content (AvgIpc) is 3.23. The van der Waals surface area contributed by atoms with E-state index in [1.165, 1.54) is 24.6 Å². The van der Waals surface area contributed by atoms with Gasteiger partial charge >= 0.3 is 0 Å². The van der Waals surface area contributed by atoms with E-state index in [-0.39, 0.29) is 17.7 Å². The van der Waals surface area contributed by atoms with E-state index in [0.29, 0.717) is 32.5 Å². The van der Waals surface area contributed by atoms with Crippen molar-refractivity contribution in [2.24, 2.45) is 5.92 Å². The third-order valence-corrected chi connectivity index (χ3v) is 5.92. The number of benzene rings is 1. The summed E-state index contributed by atoms with van der Waals surface area (Å²) >= 11 is 6.45. The molecule has 1 aromatic carbocycles. The van der Waals surface area contributed by atoms with Gasteiger partial charge in [-0.3, -0.25) is 9.59 Å². The van der Waals surface area contributed by atoms with Gasteiger partial charge in [-0.1, -0.05) is 24.2 Å². The highest BCUT2D eigenvalue weighted by Gasteiger charge is 2.26. The van der Waals surface area contributed by atoms with Gasteiger partial charge in [0.05, 0.1) is 0 Å². The third kappa shape index (κ3) is 4.83. The Morgan fingerprint density at radius 3 is 2.56 bits per heavy atom. The number of carbonyl (C=O) groups excluding carboxylic acids is 2. The van der Waals surface area contributed by atoms with Crippen molar-refractivity contribution >= 4 is 29.1 Å². The van der Waals surface area contributed by atoms with Crippen LogP contribution in [0.25, 0.3) is 0 Å². The molecule has 0 radical (unpaired) electrons. The molecule has 0 unspecified atom stereocenters. The van der Waals surface area contributed by atoms with Crippen molar-refractivity contribution in [3.8, 4) is 0 Å². The first kappa shape index (κ1) is 19.7.